The van der Waals surface area contributed by atoms with E-state index in [1.54, 1.807) is 23.6 Å². The lowest BCUT2D eigenvalue weighted by Gasteiger charge is -2.20. The fraction of sp³-hybridized carbons (Fsp3) is 0.412. The molecule has 2 atom stereocenters. The van der Waals surface area contributed by atoms with Gasteiger partial charge in [-0.15, -0.1) is 11.3 Å². The third kappa shape index (κ3) is 5.66. The number of benzene rings is 1. The van der Waals surface area contributed by atoms with Crippen LogP contribution in [0.5, 0.6) is 0 Å². The van der Waals surface area contributed by atoms with Gasteiger partial charge in [-0.25, -0.2) is 4.98 Å². The van der Waals surface area contributed by atoms with E-state index in [1.807, 2.05) is 13.8 Å². The largest absolute Gasteiger partial charge is 0.480 e. The summed E-state index contributed by atoms with van der Waals surface area (Å²) in [5.74, 6) is -0.774. The molecule has 1 heterocycles. The van der Waals surface area contributed by atoms with E-state index in [0.717, 1.165) is 0 Å². The lowest BCUT2D eigenvalue weighted by atomic mass is 10.0. The first-order valence-electron chi connectivity index (χ1n) is 7.83. The molecule has 25 heavy (non-hydrogen) atoms. The summed E-state index contributed by atoms with van der Waals surface area (Å²) in [5.41, 5.74) is 1.30. The van der Waals surface area contributed by atoms with Gasteiger partial charge in [-0.2, -0.15) is 0 Å². The number of aliphatic carboxylic acids is 1. The van der Waals surface area contributed by atoms with Crippen molar-refractivity contribution in [3.63, 3.8) is 0 Å². The minimum atomic E-state index is -1.00. The molecule has 0 saturated carbocycles. The SMILES string of the molecule is CC(C)C[C@H](NC(O)Cc1csc(-c2c(Cl)cccc2Cl)n1)C(=O)O. The van der Waals surface area contributed by atoms with Gasteiger partial charge in [-0.1, -0.05) is 43.1 Å². The second-order valence-corrected chi connectivity index (χ2v) is 7.82. The van der Waals surface area contributed by atoms with Crippen LogP contribution in [0, 0.1) is 5.92 Å². The number of nitrogens with zero attached hydrogens (tertiary/aromatic N) is 1. The number of carboxylic acid groups (broad SMARTS) is 1. The number of carboxylic acids is 1. The highest BCUT2D eigenvalue weighted by molar-refractivity contribution is 7.13. The molecule has 0 amide bonds. The zero-order chi connectivity index (χ0) is 18.6. The van der Waals surface area contributed by atoms with Crippen molar-refractivity contribution < 1.29 is 15.0 Å². The lowest BCUT2D eigenvalue weighted by molar-refractivity contribution is -0.141. The predicted molar refractivity (Wildman–Crippen MR) is 101 cm³/mol. The Bertz CT molecular complexity index is 716. The van der Waals surface area contributed by atoms with Gasteiger partial charge < -0.3 is 10.2 Å². The van der Waals surface area contributed by atoms with Gasteiger partial charge in [-0.3, -0.25) is 10.1 Å². The average Bonchev–Trinajstić information content (AvgIpc) is 2.93. The molecule has 1 aromatic carbocycles. The number of rotatable bonds is 8. The molecule has 5 nitrogen and oxygen atoms in total. The number of halogens is 2. The molecule has 1 aromatic heterocycles. The maximum absolute atomic E-state index is 11.3. The van der Waals surface area contributed by atoms with E-state index in [0.29, 0.717) is 32.7 Å². The number of nitrogens with one attached hydrogen (secondary N) is 1. The molecular weight excluding hydrogens is 383 g/mol. The van der Waals surface area contributed by atoms with Gasteiger partial charge in [0.05, 0.1) is 15.7 Å². The van der Waals surface area contributed by atoms with Crippen LogP contribution in [-0.4, -0.2) is 33.4 Å². The molecule has 0 fully saturated rings. The molecule has 8 heteroatoms. The van der Waals surface area contributed by atoms with Crippen molar-refractivity contribution in [3.05, 3.63) is 39.3 Å². The molecule has 2 aromatic rings. The standard InChI is InChI=1S/C17H20Cl2N2O3S/c1-9(2)6-13(17(23)24)21-14(22)7-10-8-25-16(20-10)15-11(18)4-3-5-12(15)19/h3-5,8-9,13-14,21-22H,6-7H2,1-2H3,(H,23,24)/t13-,14?/m0/s1. The Morgan fingerprint density at radius 1 is 1.32 bits per heavy atom. The van der Waals surface area contributed by atoms with Crippen molar-refractivity contribution in [2.24, 2.45) is 5.92 Å². The normalized spacial score (nSPS) is 13.8. The summed E-state index contributed by atoms with van der Waals surface area (Å²) in [6.45, 7) is 3.87. The first-order valence-corrected chi connectivity index (χ1v) is 9.47. The number of hydrogen-bond acceptors (Lipinski definition) is 5. The second-order valence-electron chi connectivity index (χ2n) is 6.15. The Labute approximate surface area is 160 Å². The first-order chi connectivity index (χ1) is 11.8. The molecule has 0 aliphatic carbocycles. The molecule has 0 spiro atoms. The van der Waals surface area contributed by atoms with E-state index in [4.69, 9.17) is 23.2 Å². The summed E-state index contributed by atoms with van der Waals surface area (Å²) >= 11 is 13.7. The summed E-state index contributed by atoms with van der Waals surface area (Å²) in [6, 6.07) is 4.44. The highest BCUT2D eigenvalue weighted by atomic mass is 35.5. The highest BCUT2D eigenvalue weighted by Gasteiger charge is 2.22. The molecule has 0 aliphatic heterocycles. The monoisotopic (exact) mass is 402 g/mol. The lowest BCUT2D eigenvalue weighted by Crippen LogP contribution is -2.45. The molecule has 0 aliphatic rings. The predicted octanol–water partition coefficient (Wildman–Crippen LogP) is 4.07. The van der Waals surface area contributed by atoms with Crippen molar-refractivity contribution >= 4 is 40.5 Å². The molecule has 2 rings (SSSR count). The Kier molecular flexibility index (Phi) is 7.22. The molecule has 0 radical (unpaired) electrons. The van der Waals surface area contributed by atoms with E-state index in [-0.39, 0.29) is 12.3 Å². The van der Waals surface area contributed by atoms with Crippen LogP contribution in [0.15, 0.2) is 23.6 Å². The zero-order valence-corrected chi connectivity index (χ0v) is 16.2. The third-order valence-electron chi connectivity index (χ3n) is 3.53. The fourth-order valence-electron chi connectivity index (χ4n) is 2.42. The molecular formula is C17H20Cl2N2O3S. The molecule has 1 unspecified atom stereocenters. The van der Waals surface area contributed by atoms with Gasteiger partial charge in [0.15, 0.2) is 0 Å². The summed E-state index contributed by atoms with van der Waals surface area (Å²) < 4.78 is 0. The van der Waals surface area contributed by atoms with Crippen molar-refractivity contribution in [1.82, 2.24) is 10.3 Å². The van der Waals surface area contributed by atoms with E-state index < -0.39 is 18.2 Å². The second kappa shape index (κ2) is 8.96. The van der Waals surface area contributed by atoms with Crippen LogP contribution in [0.3, 0.4) is 0 Å². The van der Waals surface area contributed by atoms with E-state index in [2.05, 4.69) is 10.3 Å². The molecule has 0 bridgehead atoms. The number of thiazole rings is 1. The number of carbonyl (C=O) groups is 1. The van der Waals surface area contributed by atoms with E-state index in [9.17, 15) is 15.0 Å². The van der Waals surface area contributed by atoms with Crippen molar-refractivity contribution in [3.8, 4) is 10.6 Å². The van der Waals surface area contributed by atoms with Crippen molar-refractivity contribution in [2.75, 3.05) is 0 Å². The van der Waals surface area contributed by atoms with Crippen molar-refractivity contribution in [1.29, 1.82) is 0 Å². The van der Waals surface area contributed by atoms with E-state index in [1.165, 1.54) is 11.3 Å². The van der Waals surface area contributed by atoms with Crippen LogP contribution in [-0.2, 0) is 11.2 Å². The van der Waals surface area contributed by atoms with Gasteiger partial charge >= 0.3 is 5.97 Å². The summed E-state index contributed by atoms with van der Waals surface area (Å²) in [6.07, 6.45) is -0.374. The number of aromatic nitrogens is 1. The summed E-state index contributed by atoms with van der Waals surface area (Å²) in [7, 11) is 0. The number of aliphatic hydroxyl groups excluding tert-OH is 1. The maximum atomic E-state index is 11.3. The van der Waals surface area contributed by atoms with Crippen LogP contribution in [0.1, 0.15) is 26.0 Å². The minimum Gasteiger partial charge on any atom is -0.480 e. The Balaban J connectivity index is 2.06. The average molecular weight is 403 g/mol. The number of aliphatic hydroxyl groups is 1. The van der Waals surface area contributed by atoms with Crippen LogP contribution >= 0.6 is 34.5 Å². The topological polar surface area (TPSA) is 82.5 Å². The quantitative estimate of drug-likeness (QED) is 0.579. The minimum absolute atomic E-state index is 0.195. The van der Waals surface area contributed by atoms with E-state index >= 15 is 0 Å². The first kappa shape index (κ1) is 20.1. The van der Waals surface area contributed by atoms with Gasteiger partial charge in [-0.05, 0) is 24.5 Å². The van der Waals surface area contributed by atoms with Crippen LogP contribution < -0.4 is 5.32 Å². The van der Waals surface area contributed by atoms with Crippen molar-refractivity contribution in [2.45, 2.75) is 39.0 Å². The maximum Gasteiger partial charge on any atom is 0.320 e. The zero-order valence-electron chi connectivity index (χ0n) is 13.9. The molecule has 0 saturated heterocycles. The van der Waals surface area contributed by atoms with Crippen LogP contribution in [0.4, 0.5) is 0 Å². The number of hydrogen-bond donors (Lipinski definition) is 3. The smallest absolute Gasteiger partial charge is 0.320 e. The molecule has 3 N–H and O–H groups in total. The van der Waals surface area contributed by atoms with Gasteiger partial charge in [0.1, 0.15) is 17.3 Å². The fourth-order valence-corrected chi connectivity index (χ4v) is 4.01. The Morgan fingerprint density at radius 3 is 2.52 bits per heavy atom. The van der Waals surface area contributed by atoms with Gasteiger partial charge in [0.2, 0.25) is 0 Å². The van der Waals surface area contributed by atoms with Crippen LogP contribution in [0.2, 0.25) is 10.0 Å². The van der Waals surface area contributed by atoms with Gasteiger partial charge in [0.25, 0.3) is 0 Å². The Morgan fingerprint density at radius 2 is 1.96 bits per heavy atom. The van der Waals surface area contributed by atoms with Gasteiger partial charge in [0, 0.05) is 17.4 Å². The third-order valence-corrected chi connectivity index (χ3v) is 5.07. The van der Waals surface area contributed by atoms with Crippen LogP contribution in [0.25, 0.3) is 10.6 Å². The molecule has 136 valence electrons. The summed E-state index contributed by atoms with van der Waals surface area (Å²) in [5, 5.41) is 25.6. The summed E-state index contributed by atoms with van der Waals surface area (Å²) in [4.78, 5) is 15.7. The Hall–Kier alpha value is -1.18. The highest BCUT2D eigenvalue weighted by Crippen LogP contribution is 2.36.